The van der Waals surface area contributed by atoms with Crippen molar-refractivity contribution in [1.29, 1.82) is 0 Å². The molecule has 1 amide bonds. The number of phenols is 1. The zero-order valence-electron chi connectivity index (χ0n) is 8.49. The van der Waals surface area contributed by atoms with Crippen LogP contribution in [0.4, 0.5) is 4.79 Å². The standard InChI is InChI=1S/C10H10BrNO4/c1-15-8-3-5(2-6(11)9(8)13)7-4-16-10(14)12-7/h2-3,7,13H,4H2,1H3,(H,12,14)/t7-/m1/s1. The summed E-state index contributed by atoms with van der Waals surface area (Å²) in [4.78, 5) is 10.9. The summed E-state index contributed by atoms with van der Waals surface area (Å²) >= 11 is 3.22. The molecule has 1 fully saturated rings. The van der Waals surface area contributed by atoms with Gasteiger partial charge in [0.15, 0.2) is 11.5 Å². The third kappa shape index (κ3) is 1.92. The maximum absolute atomic E-state index is 10.9. The Balaban J connectivity index is 2.35. The minimum Gasteiger partial charge on any atom is -0.503 e. The Kier molecular flexibility index (Phi) is 2.91. The third-order valence-electron chi connectivity index (χ3n) is 2.35. The van der Waals surface area contributed by atoms with Crippen LogP contribution in [0.2, 0.25) is 0 Å². The average molecular weight is 288 g/mol. The van der Waals surface area contributed by atoms with Crippen LogP contribution < -0.4 is 10.1 Å². The number of aromatic hydroxyl groups is 1. The van der Waals surface area contributed by atoms with Gasteiger partial charge in [0, 0.05) is 0 Å². The van der Waals surface area contributed by atoms with Gasteiger partial charge in [0.05, 0.1) is 17.6 Å². The van der Waals surface area contributed by atoms with Gasteiger partial charge in [-0.1, -0.05) is 0 Å². The lowest BCUT2D eigenvalue weighted by Gasteiger charge is -2.12. The monoisotopic (exact) mass is 287 g/mol. The molecule has 1 saturated heterocycles. The first-order valence-corrected chi connectivity index (χ1v) is 5.41. The molecular formula is C10H10BrNO4. The number of hydrogen-bond donors (Lipinski definition) is 2. The molecule has 0 aromatic heterocycles. The van der Waals surface area contributed by atoms with Crippen LogP contribution in [0, 0.1) is 0 Å². The predicted octanol–water partition coefficient (Wildman–Crippen LogP) is 1.94. The van der Waals surface area contributed by atoms with E-state index in [1.54, 1.807) is 12.1 Å². The van der Waals surface area contributed by atoms with Crippen LogP contribution in [-0.4, -0.2) is 24.9 Å². The molecule has 0 spiro atoms. The maximum atomic E-state index is 10.9. The van der Waals surface area contributed by atoms with E-state index >= 15 is 0 Å². The zero-order chi connectivity index (χ0) is 11.7. The molecule has 1 heterocycles. The molecular weight excluding hydrogens is 278 g/mol. The first-order chi connectivity index (χ1) is 7.61. The van der Waals surface area contributed by atoms with Gasteiger partial charge < -0.3 is 19.9 Å². The summed E-state index contributed by atoms with van der Waals surface area (Å²) in [5.74, 6) is 0.391. The van der Waals surface area contributed by atoms with Crippen molar-refractivity contribution in [3.63, 3.8) is 0 Å². The quantitative estimate of drug-likeness (QED) is 0.872. The van der Waals surface area contributed by atoms with Crippen LogP contribution in [0.1, 0.15) is 11.6 Å². The lowest BCUT2D eigenvalue weighted by atomic mass is 10.1. The Morgan fingerprint density at radius 3 is 2.94 bits per heavy atom. The summed E-state index contributed by atoms with van der Waals surface area (Å²) in [5.41, 5.74) is 0.812. The lowest BCUT2D eigenvalue weighted by molar-refractivity contribution is 0.177. The third-order valence-corrected chi connectivity index (χ3v) is 2.95. The Hall–Kier alpha value is -1.43. The van der Waals surface area contributed by atoms with Crippen molar-refractivity contribution in [2.24, 2.45) is 0 Å². The van der Waals surface area contributed by atoms with Crippen molar-refractivity contribution in [2.75, 3.05) is 13.7 Å². The highest BCUT2D eigenvalue weighted by Crippen LogP contribution is 2.37. The molecule has 1 atom stereocenters. The second-order valence-corrected chi connectivity index (χ2v) is 4.20. The van der Waals surface area contributed by atoms with Crippen LogP contribution in [0.25, 0.3) is 0 Å². The van der Waals surface area contributed by atoms with E-state index in [4.69, 9.17) is 9.47 Å². The van der Waals surface area contributed by atoms with E-state index in [9.17, 15) is 9.90 Å². The number of halogens is 1. The van der Waals surface area contributed by atoms with Gasteiger partial charge in [0.25, 0.3) is 0 Å². The Bertz CT molecular complexity index is 435. The first kappa shape index (κ1) is 11.1. The second-order valence-electron chi connectivity index (χ2n) is 3.35. The number of alkyl carbamates (subject to hydrolysis) is 1. The Labute approximate surface area is 100 Å². The number of benzene rings is 1. The van der Waals surface area contributed by atoms with Crippen molar-refractivity contribution in [3.8, 4) is 11.5 Å². The van der Waals surface area contributed by atoms with Crippen molar-refractivity contribution in [1.82, 2.24) is 5.32 Å². The summed E-state index contributed by atoms with van der Waals surface area (Å²) in [6.07, 6.45) is -0.437. The smallest absolute Gasteiger partial charge is 0.407 e. The van der Waals surface area contributed by atoms with Crippen molar-refractivity contribution < 1.29 is 19.4 Å². The minimum absolute atomic E-state index is 0.0384. The summed E-state index contributed by atoms with van der Waals surface area (Å²) in [7, 11) is 1.47. The van der Waals surface area contributed by atoms with Gasteiger partial charge in [-0.05, 0) is 33.6 Å². The van der Waals surface area contributed by atoms with E-state index in [0.717, 1.165) is 5.56 Å². The molecule has 1 aromatic rings. The van der Waals surface area contributed by atoms with Crippen LogP contribution in [0.5, 0.6) is 11.5 Å². The summed E-state index contributed by atoms with van der Waals surface area (Å²) in [6, 6.07) is 3.18. The normalized spacial score (nSPS) is 19.1. The fourth-order valence-corrected chi connectivity index (χ4v) is 1.97. The molecule has 6 heteroatoms. The lowest BCUT2D eigenvalue weighted by Crippen LogP contribution is -2.18. The topological polar surface area (TPSA) is 67.8 Å². The Morgan fingerprint density at radius 1 is 1.62 bits per heavy atom. The average Bonchev–Trinajstić information content (AvgIpc) is 2.69. The van der Waals surface area contributed by atoms with Gasteiger partial charge in [-0.15, -0.1) is 0 Å². The number of amides is 1. The van der Waals surface area contributed by atoms with E-state index in [1.807, 2.05) is 0 Å². The number of cyclic esters (lactones) is 1. The van der Waals surface area contributed by atoms with Crippen molar-refractivity contribution in [3.05, 3.63) is 22.2 Å². The SMILES string of the molecule is COc1cc([C@H]2COC(=O)N2)cc(Br)c1O. The number of nitrogens with one attached hydrogen (secondary N) is 1. The maximum Gasteiger partial charge on any atom is 0.407 e. The number of methoxy groups -OCH3 is 1. The number of hydrogen-bond acceptors (Lipinski definition) is 4. The van der Waals surface area contributed by atoms with Crippen molar-refractivity contribution >= 4 is 22.0 Å². The molecule has 5 nitrogen and oxygen atoms in total. The number of carbonyl (C=O) groups is 1. The van der Waals surface area contributed by atoms with E-state index in [0.29, 0.717) is 10.2 Å². The number of rotatable bonds is 2. The van der Waals surface area contributed by atoms with E-state index in [2.05, 4.69) is 21.2 Å². The highest BCUT2D eigenvalue weighted by Gasteiger charge is 2.25. The summed E-state index contributed by atoms with van der Waals surface area (Å²) in [5, 5.41) is 12.3. The largest absolute Gasteiger partial charge is 0.503 e. The minimum atomic E-state index is -0.437. The molecule has 1 aliphatic rings. The highest BCUT2D eigenvalue weighted by atomic mass is 79.9. The predicted molar refractivity (Wildman–Crippen MR) is 59.6 cm³/mol. The molecule has 16 heavy (non-hydrogen) atoms. The second kappa shape index (κ2) is 4.21. The molecule has 2 rings (SSSR count). The van der Waals surface area contributed by atoms with Gasteiger partial charge in [-0.3, -0.25) is 0 Å². The molecule has 2 N–H and O–H groups in total. The fraction of sp³-hybridized carbons (Fsp3) is 0.300. The number of carbonyl (C=O) groups excluding carboxylic acids is 1. The summed E-state index contributed by atoms with van der Waals surface area (Å²) in [6.45, 7) is 0.277. The Morgan fingerprint density at radius 2 is 2.38 bits per heavy atom. The molecule has 86 valence electrons. The molecule has 1 aliphatic heterocycles. The number of ether oxygens (including phenoxy) is 2. The van der Waals surface area contributed by atoms with Gasteiger partial charge in [-0.2, -0.15) is 0 Å². The molecule has 0 saturated carbocycles. The van der Waals surface area contributed by atoms with E-state index in [-0.39, 0.29) is 18.4 Å². The molecule has 1 aromatic carbocycles. The molecule has 0 bridgehead atoms. The van der Waals surface area contributed by atoms with Crippen LogP contribution in [0.3, 0.4) is 0 Å². The van der Waals surface area contributed by atoms with Crippen molar-refractivity contribution in [2.45, 2.75) is 6.04 Å². The molecule has 0 aliphatic carbocycles. The van der Waals surface area contributed by atoms with E-state index < -0.39 is 6.09 Å². The molecule has 0 radical (unpaired) electrons. The summed E-state index contributed by atoms with van der Waals surface area (Å²) < 4.78 is 10.3. The fourth-order valence-electron chi connectivity index (χ4n) is 1.51. The van der Waals surface area contributed by atoms with Gasteiger partial charge in [0.2, 0.25) is 0 Å². The van der Waals surface area contributed by atoms with Gasteiger partial charge >= 0.3 is 6.09 Å². The van der Waals surface area contributed by atoms with Gasteiger partial charge in [-0.25, -0.2) is 4.79 Å². The highest BCUT2D eigenvalue weighted by molar-refractivity contribution is 9.10. The zero-order valence-corrected chi connectivity index (χ0v) is 10.1. The van der Waals surface area contributed by atoms with Crippen LogP contribution >= 0.6 is 15.9 Å². The molecule has 0 unspecified atom stereocenters. The van der Waals surface area contributed by atoms with Crippen LogP contribution in [0.15, 0.2) is 16.6 Å². The first-order valence-electron chi connectivity index (χ1n) is 4.61. The van der Waals surface area contributed by atoms with Gasteiger partial charge in [0.1, 0.15) is 6.61 Å². The van der Waals surface area contributed by atoms with E-state index in [1.165, 1.54) is 7.11 Å². The van der Waals surface area contributed by atoms with Crippen LogP contribution in [-0.2, 0) is 4.74 Å². The number of phenolic OH excluding ortho intramolecular Hbond substituents is 1.